The number of hydrogen-bond acceptors (Lipinski definition) is 3. The third-order valence-electron chi connectivity index (χ3n) is 2.51. The summed E-state index contributed by atoms with van der Waals surface area (Å²) in [6, 6.07) is 0. The van der Waals surface area contributed by atoms with Crippen molar-refractivity contribution >= 4 is 11.8 Å². The average molecular weight is 228 g/mol. The first-order valence-electron chi connectivity index (χ1n) is 5.71. The maximum absolute atomic E-state index is 11.4. The van der Waals surface area contributed by atoms with Crippen LogP contribution in [0.3, 0.4) is 0 Å². The average Bonchev–Trinajstić information content (AvgIpc) is 2.51. The molecular weight excluding hydrogens is 208 g/mol. The van der Waals surface area contributed by atoms with Gasteiger partial charge in [0.1, 0.15) is 0 Å². The molecule has 1 heterocycles. The van der Waals surface area contributed by atoms with Crippen molar-refractivity contribution in [3.8, 4) is 0 Å². The van der Waals surface area contributed by atoms with Crippen LogP contribution in [0.4, 0.5) is 0 Å². The molecule has 1 aliphatic heterocycles. The fourth-order valence-corrected chi connectivity index (χ4v) is 1.61. The Morgan fingerprint density at radius 3 is 2.81 bits per heavy atom. The van der Waals surface area contributed by atoms with Gasteiger partial charge in [0.15, 0.2) is 0 Å². The molecule has 0 bridgehead atoms. The first-order valence-corrected chi connectivity index (χ1v) is 5.71. The lowest BCUT2D eigenvalue weighted by Crippen LogP contribution is -2.33. The molecular formula is C11H20N2O3. The van der Waals surface area contributed by atoms with E-state index in [0.29, 0.717) is 32.0 Å². The topological polar surface area (TPSA) is 69.6 Å². The van der Waals surface area contributed by atoms with Gasteiger partial charge in [-0.25, -0.2) is 0 Å². The van der Waals surface area contributed by atoms with Gasteiger partial charge in [-0.05, 0) is 5.92 Å². The monoisotopic (exact) mass is 228 g/mol. The van der Waals surface area contributed by atoms with Gasteiger partial charge in [-0.3, -0.25) is 9.59 Å². The number of aliphatic hydroxyl groups is 1. The summed E-state index contributed by atoms with van der Waals surface area (Å²) in [6.07, 6.45) is -0.0649. The zero-order chi connectivity index (χ0) is 12.1. The van der Waals surface area contributed by atoms with Crippen LogP contribution >= 0.6 is 0 Å². The van der Waals surface area contributed by atoms with Gasteiger partial charge in [0, 0.05) is 26.1 Å². The summed E-state index contributed by atoms with van der Waals surface area (Å²) < 4.78 is 0. The van der Waals surface area contributed by atoms with Crippen LogP contribution in [0.2, 0.25) is 0 Å². The summed E-state index contributed by atoms with van der Waals surface area (Å²) in [5.41, 5.74) is 0. The standard InChI is InChI=1S/C11H20N2O3/c1-8(2)6-12-10(15)3-4-13-7-9(14)5-11(13)16/h8-9,14H,3-7H2,1-2H3,(H,12,15). The Hall–Kier alpha value is -1.10. The lowest BCUT2D eigenvalue weighted by Gasteiger charge is -2.15. The predicted octanol–water partition coefficient (Wildman–Crippen LogP) is -0.258. The number of likely N-dealkylation sites (tertiary alicyclic amines) is 1. The molecule has 0 radical (unpaired) electrons. The minimum atomic E-state index is -0.564. The van der Waals surface area contributed by atoms with Gasteiger partial charge in [-0.1, -0.05) is 13.8 Å². The van der Waals surface area contributed by atoms with E-state index in [1.807, 2.05) is 13.8 Å². The lowest BCUT2D eigenvalue weighted by molar-refractivity contribution is -0.128. The minimum Gasteiger partial charge on any atom is -0.391 e. The molecule has 0 aromatic heterocycles. The number of aliphatic hydroxyl groups excluding tert-OH is 1. The number of rotatable bonds is 5. The highest BCUT2D eigenvalue weighted by molar-refractivity contribution is 5.80. The number of nitrogens with one attached hydrogen (secondary N) is 1. The van der Waals surface area contributed by atoms with E-state index in [1.54, 1.807) is 4.90 Å². The highest BCUT2D eigenvalue weighted by Crippen LogP contribution is 2.10. The van der Waals surface area contributed by atoms with Crippen LogP contribution in [0.1, 0.15) is 26.7 Å². The van der Waals surface area contributed by atoms with Crippen LogP contribution in [-0.2, 0) is 9.59 Å². The maximum atomic E-state index is 11.4. The molecule has 1 saturated heterocycles. The van der Waals surface area contributed by atoms with Gasteiger partial charge in [0.05, 0.1) is 12.5 Å². The van der Waals surface area contributed by atoms with Crippen molar-refractivity contribution in [3.63, 3.8) is 0 Å². The molecule has 1 aliphatic rings. The van der Waals surface area contributed by atoms with Gasteiger partial charge < -0.3 is 15.3 Å². The summed E-state index contributed by atoms with van der Waals surface area (Å²) in [7, 11) is 0. The highest BCUT2D eigenvalue weighted by atomic mass is 16.3. The number of nitrogens with zero attached hydrogens (tertiary/aromatic N) is 1. The first kappa shape index (κ1) is 13.0. The summed E-state index contributed by atoms with van der Waals surface area (Å²) >= 11 is 0. The van der Waals surface area contributed by atoms with E-state index >= 15 is 0 Å². The van der Waals surface area contributed by atoms with Crippen molar-refractivity contribution in [2.75, 3.05) is 19.6 Å². The van der Waals surface area contributed by atoms with Gasteiger partial charge in [0.25, 0.3) is 0 Å². The van der Waals surface area contributed by atoms with Crippen molar-refractivity contribution in [1.29, 1.82) is 0 Å². The summed E-state index contributed by atoms with van der Waals surface area (Å²) in [4.78, 5) is 24.2. The summed E-state index contributed by atoms with van der Waals surface area (Å²) in [5.74, 6) is 0.325. The maximum Gasteiger partial charge on any atom is 0.225 e. The zero-order valence-electron chi connectivity index (χ0n) is 9.90. The van der Waals surface area contributed by atoms with Crippen LogP contribution in [0, 0.1) is 5.92 Å². The Bertz CT molecular complexity index is 266. The third-order valence-corrected chi connectivity index (χ3v) is 2.51. The van der Waals surface area contributed by atoms with E-state index < -0.39 is 6.10 Å². The van der Waals surface area contributed by atoms with Crippen molar-refractivity contribution in [2.45, 2.75) is 32.8 Å². The van der Waals surface area contributed by atoms with Crippen molar-refractivity contribution in [3.05, 3.63) is 0 Å². The Morgan fingerprint density at radius 2 is 2.31 bits per heavy atom. The van der Waals surface area contributed by atoms with Gasteiger partial charge in [0.2, 0.25) is 11.8 Å². The Kier molecular flexibility index (Phi) is 4.73. The van der Waals surface area contributed by atoms with Crippen LogP contribution in [0.25, 0.3) is 0 Å². The predicted molar refractivity (Wildman–Crippen MR) is 59.7 cm³/mol. The molecule has 16 heavy (non-hydrogen) atoms. The summed E-state index contributed by atoms with van der Waals surface area (Å²) in [6.45, 7) is 5.48. The van der Waals surface area contributed by atoms with E-state index in [2.05, 4.69) is 5.32 Å². The van der Waals surface area contributed by atoms with E-state index in [0.717, 1.165) is 0 Å². The molecule has 92 valence electrons. The fourth-order valence-electron chi connectivity index (χ4n) is 1.61. The lowest BCUT2D eigenvalue weighted by atomic mass is 10.2. The number of hydrogen-bond donors (Lipinski definition) is 2. The highest BCUT2D eigenvalue weighted by Gasteiger charge is 2.27. The summed E-state index contributed by atoms with van der Waals surface area (Å²) in [5, 5.41) is 12.0. The number of β-amino-alcohol motifs (C(OH)–C–C–N with tert-alkyl or cyclic N) is 1. The van der Waals surface area contributed by atoms with Crippen LogP contribution in [-0.4, -0.2) is 47.6 Å². The molecule has 1 rings (SSSR count). The molecule has 2 amide bonds. The molecule has 2 N–H and O–H groups in total. The molecule has 0 aromatic carbocycles. The number of carbonyl (C=O) groups excluding carboxylic acids is 2. The third kappa shape index (κ3) is 4.18. The second-order valence-corrected chi connectivity index (χ2v) is 4.65. The molecule has 1 atom stereocenters. The number of carbonyl (C=O) groups is 2. The molecule has 5 nitrogen and oxygen atoms in total. The van der Waals surface area contributed by atoms with Gasteiger partial charge in [-0.15, -0.1) is 0 Å². The molecule has 1 unspecified atom stereocenters. The van der Waals surface area contributed by atoms with Crippen LogP contribution < -0.4 is 5.32 Å². The number of amides is 2. The SMILES string of the molecule is CC(C)CNC(=O)CCN1CC(O)CC1=O. The van der Waals surface area contributed by atoms with E-state index in [9.17, 15) is 14.7 Å². The van der Waals surface area contributed by atoms with Crippen molar-refractivity contribution < 1.29 is 14.7 Å². The molecule has 0 saturated carbocycles. The van der Waals surface area contributed by atoms with Crippen LogP contribution in [0.15, 0.2) is 0 Å². The molecule has 0 aromatic rings. The first-order chi connectivity index (χ1) is 7.49. The second kappa shape index (κ2) is 5.84. The van der Waals surface area contributed by atoms with Gasteiger partial charge in [-0.2, -0.15) is 0 Å². The largest absolute Gasteiger partial charge is 0.391 e. The van der Waals surface area contributed by atoms with Crippen molar-refractivity contribution in [2.24, 2.45) is 5.92 Å². The molecule has 5 heteroatoms. The molecule has 1 fully saturated rings. The Labute approximate surface area is 95.8 Å². The Balaban J connectivity index is 2.19. The van der Waals surface area contributed by atoms with E-state index in [4.69, 9.17) is 0 Å². The fraction of sp³-hybridized carbons (Fsp3) is 0.818. The zero-order valence-corrected chi connectivity index (χ0v) is 9.90. The molecule has 0 spiro atoms. The van der Waals surface area contributed by atoms with Gasteiger partial charge >= 0.3 is 0 Å². The van der Waals surface area contributed by atoms with E-state index in [1.165, 1.54) is 0 Å². The van der Waals surface area contributed by atoms with Crippen LogP contribution in [0.5, 0.6) is 0 Å². The van der Waals surface area contributed by atoms with Crippen molar-refractivity contribution in [1.82, 2.24) is 10.2 Å². The minimum absolute atomic E-state index is 0.0390. The smallest absolute Gasteiger partial charge is 0.225 e. The van der Waals surface area contributed by atoms with E-state index in [-0.39, 0.29) is 18.2 Å². The quantitative estimate of drug-likeness (QED) is 0.681. The molecule has 0 aliphatic carbocycles. The normalized spacial score (nSPS) is 20.6. The Morgan fingerprint density at radius 1 is 1.62 bits per heavy atom. The second-order valence-electron chi connectivity index (χ2n) is 4.65.